The molecule has 3 unspecified atom stereocenters. The Morgan fingerprint density at radius 1 is 1.10 bits per heavy atom. The molecule has 2 aromatic carbocycles. The van der Waals surface area contributed by atoms with Crippen LogP contribution in [0.1, 0.15) is 43.2 Å². The highest BCUT2D eigenvalue weighted by Gasteiger charge is 2.39. The highest BCUT2D eigenvalue weighted by Crippen LogP contribution is 2.35. The van der Waals surface area contributed by atoms with Crippen molar-refractivity contribution in [3.8, 4) is 5.75 Å². The van der Waals surface area contributed by atoms with Crippen LogP contribution in [0.4, 0.5) is 5.69 Å². The van der Waals surface area contributed by atoms with Crippen LogP contribution in [0.3, 0.4) is 0 Å². The number of amides is 2. The van der Waals surface area contributed by atoms with Crippen LogP contribution in [0.25, 0.3) is 0 Å². The van der Waals surface area contributed by atoms with Crippen molar-refractivity contribution in [2.75, 3.05) is 12.4 Å². The van der Waals surface area contributed by atoms with Crippen molar-refractivity contribution in [3.63, 3.8) is 0 Å². The Bertz CT molecular complexity index is 912. The first-order valence-electron chi connectivity index (χ1n) is 11.2. The van der Waals surface area contributed by atoms with Crippen molar-refractivity contribution < 1.29 is 14.3 Å². The number of anilines is 1. The summed E-state index contributed by atoms with van der Waals surface area (Å²) in [4.78, 5) is 24.6. The molecular formula is C25H31N3O3. The zero-order chi connectivity index (χ0) is 21.6. The average molecular weight is 422 g/mol. The minimum Gasteiger partial charge on any atom is -0.497 e. The van der Waals surface area contributed by atoms with E-state index in [1.807, 2.05) is 42.5 Å². The van der Waals surface area contributed by atoms with Crippen LogP contribution in [-0.4, -0.2) is 25.0 Å². The third kappa shape index (κ3) is 5.44. The molecule has 6 nitrogen and oxygen atoms in total. The summed E-state index contributed by atoms with van der Waals surface area (Å²) in [7, 11) is 1.64. The number of rotatable bonds is 7. The normalized spacial score (nSPS) is 22.9. The number of hydrogen-bond acceptors (Lipinski definition) is 4. The lowest BCUT2D eigenvalue weighted by atomic mass is 9.72. The van der Waals surface area contributed by atoms with Gasteiger partial charge in [0.05, 0.1) is 7.11 Å². The monoisotopic (exact) mass is 421 g/mol. The van der Waals surface area contributed by atoms with E-state index in [-0.39, 0.29) is 23.8 Å². The maximum atomic E-state index is 12.4. The number of carbonyl (C=O) groups excluding carboxylic acids is 2. The van der Waals surface area contributed by atoms with Gasteiger partial charge in [-0.1, -0.05) is 37.1 Å². The Labute approximate surface area is 183 Å². The number of aryl methyl sites for hydroxylation is 1. The van der Waals surface area contributed by atoms with Crippen LogP contribution in [0, 0.1) is 11.8 Å². The fourth-order valence-corrected chi connectivity index (χ4v) is 4.84. The van der Waals surface area contributed by atoms with Gasteiger partial charge in [-0.25, -0.2) is 5.43 Å². The molecule has 2 fully saturated rings. The quantitative estimate of drug-likeness (QED) is 0.638. The molecule has 1 heterocycles. The van der Waals surface area contributed by atoms with E-state index in [4.69, 9.17) is 4.74 Å². The Morgan fingerprint density at radius 3 is 2.71 bits per heavy atom. The molecule has 1 aliphatic heterocycles. The highest BCUT2D eigenvalue weighted by atomic mass is 16.5. The molecule has 0 radical (unpaired) electrons. The van der Waals surface area contributed by atoms with E-state index < -0.39 is 0 Å². The van der Waals surface area contributed by atoms with Gasteiger partial charge in [0.15, 0.2) is 0 Å². The van der Waals surface area contributed by atoms with E-state index in [0.717, 1.165) is 48.2 Å². The number of nitrogens with one attached hydrogen (secondary N) is 3. The lowest BCUT2D eigenvalue weighted by Gasteiger charge is -2.41. The lowest BCUT2D eigenvalue weighted by molar-refractivity contribution is -0.133. The molecule has 0 bridgehead atoms. The van der Waals surface area contributed by atoms with Gasteiger partial charge in [-0.05, 0) is 67.0 Å². The van der Waals surface area contributed by atoms with Crippen molar-refractivity contribution in [2.24, 2.45) is 11.8 Å². The number of carbonyl (C=O) groups is 2. The Morgan fingerprint density at radius 2 is 1.90 bits per heavy atom. The van der Waals surface area contributed by atoms with Gasteiger partial charge in [-0.2, -0.15) is 0 Å². The van der Waals surface area contributed by atoms with Crippen molar-refractivity contribution in [1.82, 2.24) is 10.9 Å². The van der Waals surface area contributed by atoms with Crippen LogP contribution < -0.4 is 20.9 Å². The minimum atomic E-state index is 0.00312. The molecule has 3 N–H and O–H groups in total. The molecule has 3 atom stereocenters. The predicted octanol–water partition coefficient (Wildman–Crippen LogP) is 3.62. The van der Waals surface area contributed by atoms with E-state index in [0.29, 0.717) is 18.8 Å². The number of benzene rings is 2. The van der Waals surface area contributed by atoms with Gasteiger partial charge in [-0.15, -0.1) is 0 Å². The zero-order valence-corrected chi connectivity index (χ0v) is 18.0. The summed E-state index contributed by atoms with van der Waals surface area (Å²) >= 11 is 0. The summed E-state index contributed by atoms with van der Waals surface area (Å²) in [5, 5.41) is 3.02. The maximum Gasteiger partial charge on any atom is 0.237 e. The van der Waals surface area contributed by atoms with Gasteiger partial charge in [0.2, 0.25) is 11.8 Å². The summed E-state index contributed by atoms with van der Waals surface area (Å²) in [5.41, 5.74) is 9.18. The molecule has 2 amide bonds. The van der Waals surface area contributed by atoms with Crippen molar-refractivity contribution >= 4 is 17.5 Å². The molecule has 1 saturated heterocycles. The molecule has 164 valence electrons. The number of methoxy groups -OCH3 is 1. The second kappa shape index (κ2) is 9.96. The van der Waals surface area contributed by atoms with Gasteiger partial charge in [0.25, 0.3) is 0 Å². The summed E-state index contributed by atoms with van der Waals surface area (Å²) in [6.07, 6.45) is 6.35. The average Bonchev–Trinajstić information content (AvgIpc) is 2.80. The standard InChI is InChI=1S/C25H31N3O3/c1-31-20-12-9-17(10-13-20)11-14-24(29)26-19-6-4-5-18(15-19)16-23-21-7-2-3-8-22(21)25(30)28-27-23/h4-6,9-10,12-13,15,21-23,27H,2-3,7-8,11,14,16H2,1H3,(H,26,29)(H,28,30). The number of hydrazine groups is 1. The van der Waals surface area contributed by atoms with Crippen LogP contribution >= 0.6 is 0 Å². The van der Waals surface area contributed by atoms with E-state index in [9.17, 15) is 9.59 Å². The van der Waals surface area contributed by atoms with E-state index >= 15 is 0 Å². The van der Waals surface area contributed by atoms with Gasteiger partial charge in [0.1, 0.15) is 5.75 Å². The van der Waals surface area contributed by atoms with Gasteiger partial charge < -0.3 is 10.1 Å². The van der Waals surface area contributed by atoms with Crippen LogP contribution in [0.5, 0.6) is 5.75 Å². The van der Waals surface area contributed by atoms with Crippen LogP contribution in [-0.2, 0) is 22.4 Å². The fourth-order valence-electron chi connectivity index (χ4n) is 4.84. The number of ether oxygens (including phenoxy) is 1. The first-order chi connectivity index (χ1) is 15.1. The fraction of sp³-hybridized carbons (Fsp3) is 0.440. The van der Waals surface area contributed by atoms with Crippen molar-refractivity contribution in [3.05, 3.63) is 59.7 Å². The van der Waals surface area contributed by atoms with Gasteiger partial charge >= 0.3 is 0 Å². The predicted molar refractivity (Wildman–Crippen MR) is 121 cm³/mol. The number of hydrogen-bond donors (Lipinski definition) is 3. The topological polar surface area (TPSA) is 79.5 Å². The van der Waals surface area contributed by atoms with Gasteiger partial charge in [-0.3, -0.25) is 15.0 Å². The second-order valence-electron chi connectivity index (χ2n) is 8.60. The molecule has 1 aliphatic carbocycles. The molecule has 31 heavy (non-hydrogen) atoms. The van der Waals surface area contributed by atoms with Crippen molar-refractivity contribution in [1.29, 1.82) is 0 Å². The molecular weight excluding hydrogens is 390 g/mol. The molecule has 6 heteroatoms. The first kappa shape index (κ1) is 21.4. The smallest absolute Gasteiger partial charge is 0.237 e. The van der Waals surface area contributed by atoms with Gasteiger partial charge in [0, 0.05) is 24.1 Å². The van der Waals surface area contributed by atoms with Crippen LogP contribution in [0.2, 0.25) is 0 Å². The third-order valence-electron chi connectivity index (χ3n) is 6.52. The summed E-state index contributed by atoms with van der Waals surface area (Å²) in [6.45, 7) is 0. The summed E-state index contributed by atoms with van der Waals surface area (Å²) < 4.78 is 5.17. The Balaban J connectivity index is 1.32. The largest absolute Gasteiger partial charge is 0.497 e. The first-order valence-corrected chi connectivity index (χ1v) is 11.2. The number of fused-ring (bicyclic) bond motifs is 1. The van der Waals surface area contributed by atoms with Crippen LogP contribution in [0.15, 0.2) is 48.5 Å². The van der Waals surface area contributed by atoms with E-state index in [1.165, 1.54) is 6.42 Å². The summed E-state index contributed by atoms with van der Waals surface area (Å²) in [6, 6.07) is 16.1. The Hall–Kier alpha value is -2.86. The Kier molecular flexibility index (Phi) is 6.87. The van der Waals surface area contributed by atoms with Crippen molar-refractivity contribution in [2.45, 2.75) is 51.0 Å². The minimum absolute atomic E-state index is 0.00312. The van der Waals surface area contributed by atoms with E-state index in [2.05, 4.69) is 22.2 Å². The lowest BCUT2D eigenvalue weighted by Crippen LogP contribution is -2.60. The molecule has 0 aromatic heterocycles. The molecule has 1 saturated carbocycles. The third-order valence-corrected chi connectivity index (χ3v) is 6.52. The molecule has 2 aromatic rings. The highest BCUT2D eigenvalue weighted by molar-refractivity contribution is 5.90. The SMILES string of the molecule is COc1ccc(CCC(=O)Nc2cccc(CC3NNC(=O)C4CCCCC34)c2)cc1. The zero-order valence-electron chi connectivity index (χ0n) is 18.0. The molecule has 0 spiro atoms. The summed E-state index contributed by atoms with van der Waals surface area (Å²) in [5.74, 6) is 1.46. The molecule has 4 rings (SSSR count). The molecule has 2 aliphatic rings. The van der Waals surface area contributed by atoms with E-state index in [1.54, 1.807) is 7.11 Å². The maximum absolute atomic E-state index is 12.4. The second-order valence-corrected chi connectivity index (χ2v) is 8.60.